The molecule has 19 heavy (non-hydrogen) atoms. The first-order valence-corrected chi connectivity index (χ1v) is 7.33. The van der Waals surface area contributed by atoms with Crippen LogP contribution in [-0.4, -0.2) is 25.2 Å². The van der Waals surface area contributed by atoms with Crippen LogP contribution < -0.4 is 5.32 Å². The largest absolute Gasteiger partial charge is 0.376 e. The molecule has 1 fully saturated rings. The van der Waals surface area contributed by atoms with Crippen molar-refractivity contribution in [3.05, 3.63) is 0 Å². The summed E-state index contributed by atoms with van der Waals surface area (Å²) >= 11 is 0. The number of methoxy groups -OCH3 is 1. The SMILES string of the molecule is CCCC(C#N)(CCC)C(=O)NCC1(OC)CCC1. The first kappa shape index (κ1) is 16.0. The van der Waals surface area contributed by atoms with E-state index in [2.05, 4.69) is 11.4 Å². The predicted octanol–water partition coefficient (Wildman–Crippen LogP) is 2.78. The Kier molecular flexibility index (Phi) is 5.81. The maximum atomic E-state index is 12.4. The summed E-state index contributed by atoms with van der Waals surface area (Å²) in [6, 6.07) is 2.25. The van der Waals surface area contributed by atoms with E-state index in [4.69, 9.17) is 4.74 Å². The fourth-order valence-electron chi connectivity index (χ4n) is 2.80. The Morgan fingerprint density at radius 1 is 1.37 bits per heavy atom. The van der Waals surface area contributed by atoms with Gasteiger partial charge in [-0.1, -0.05) is 26.7 Å². The van der Waals surface area contributed by atoms with E-state index in [-0.39, 0.29) is 11.5 Å². The van der Waals surface area contributed by atoms with Crippen LogP contribution in [-0.2, 0) is 9.53 Å². The summed E-state index contributed by atoms with van der Waals surface area (Å²) < 4.78 is 5.49. The maximum absolute atomic E-state index is 12.4. The summed E-state index contributed by atoms with van der Waals surface area (Å²) in [6.07, 6.45) is 6.08. The first-order chi connectivity index (χ1) is 9.08. The number of rotatable bonds is 8. The van der Waals surface area contributed by atoms with Crippen LogP contribution in [0.5, 0.6) is 0 Å². The number of nitrogens with zero attached hydrogens (tertiary/aromatic N) is 1. The minimum atomic E-state index is -0.859. The molecule has 1 N–H and O–H groups in total. The molecule has 0 aromatic heterocycles. The van der Waals surface area contributed by atoms with Gasteiger partial charge in [0.2, 0.25) is 5.91 Å². The third-order valence-corrected chi connectivity index (χ3v) is 4.27. The molecule has 1 saturated carbocycles. The fourth-order valence-corrected chi connectivity index (χ4v) is 2.80. The second-order valence-electron chi connectivity index (χ2n) is 5.62. The van der Waals surface area contributed by atoms with Gasteiger partial charge in [-0.2, -0.15) is 5.26 Å². The summed E-state index contributed by atoms with van der Waals surface area (Å²) in [7, 11) is 1.70. The lowest BCUT2D eigenvalue weighted by atomic mass is 9.77. The molecule has 0 unspecified atom stereocenters. The normalized spacial score (nSPS) is 17.4. The van der Waals surface area contributed by atoms with E-state index < -0.39 is 5.41 Å². The van der Waals surface area contributed by atoms with E-state index >= 15 is 0 Å². The van der Waals surface area contributed by atoms with Crippen LogP contribution in [0.1, 0.15) is 58.8 Å². The van der Waals surface area contributed by atoms with Gasteiger partial charge in [-0.15, -0.1) is 0 Å². The molecule has 4 nitrogen and oxygen atoms in total. The van der Waals surface area contributed by atoms with Gasteiger partial charge in [0.15, 0.2) is 0 Å². The molecule has 1 aliphatic carbocycles. The smallest absolute Gasteiger partial charge is 0.240 e. The van der Waals surface area contributed by atoms with Crippen LogP contribution in [0, 0.1) is 16.7 Å². The van der Waals surface area contributed by atoms with Crippen molar-refractivity contribution in [2.24, 2.45) is 5.41 Å². The van der Waals surface area contributed by atoms with Gasteiger partial charge in [-0.25, -0.2) is 0 Å². The lowest BCUT2D eigenvalue weighted by molar-refractivity contribution is -0.132. The van der Waals surface area contributed by atoms with Crippen molar-refractivity contribution < 1.29 is 9.53 Å². The molecule has 1 aliphatic rings. The van der Waals surface area contributed by atoms with Crippen LogP contribution >= 0.6 is 0 Å². The third-order valence-electron chi connectivity index (χ3n) is 4.27. The molecule has 0 saturated heterocycles. The highest BCUT2D eigenvalue weighted by Gasteiger charge is 2.41. The predicted molar refractivity (Wildman–Crippen MR) is 74.5 cm³/mol. The van der Waals surface area contributed by atoms with Crippen molar-refractivity contribution >= 4 is 5.91 Å². The average Bonchev–Trinajstić information content (AvgIpc) is 2.37. The Labute approximate surface area is 116 Å². The first-order valence-electron chi connectivity index (χ1n) is 7.33. The van der Waals surface area contributed by atoms with Crippen molar-refractivity contribution in [1.29, 1.82) is 5.26 Å². The lowest BCUT2D eigenvalue weighted by Crippen LogP contribution is -2.52. The average molecular weight is 266 g/mol. The Balaban J connectivity index is 2.64. The second-order valence-corrected chi connectivity index (χ2v) is 5.62. The Hall–Kier alpha value is -1.08. The number of amides is 1. The Bertz CT molecular complexity index is 331. The zero-order valence-corrected chi connectivity index (χ0v) is 12.4. The lowest BCUT2D eigenvalue weighted by Gasteiger charge is -2.41. The summed E-state index contributed by atoms with van der Waals surface area (Å²) in [5, 5.41) is 12.4. The molecule has 0 aromatic carbocycles. The van der Waals surface area contributed by atoms with E-state index in [1.807, 2.05) is 13.8 Å². The number of nitriles is 1. The topological polar surface area (TPSA) is 62.1 Å². The number of carbonyl (C=O) groups is 1. The van der Waals surface area contributed by atoms with Gasteiger partial charge in [0.05, 0.1) is 11.7 Å². The van der Waals surface area contributed by atoms with Crippen molar-refractivity contribution in [2.75, 3.05) is 13.7 Å². The van der Waals surface area contributed by atoms with E-state index in [1.165, 1.54) is 0 Å². The Morgan fingerprint density at radius 3 is 2.26 bits per heavy atom. The molecular formula is C15H26N2O2. The van der Waals surface area contributed by atoms with Gasteiger partial charge in [0, 0.05) is 13.7 Å². The molecule has 0 atom stereocenters. The van der Waals surface area contributed by atoms with E-state index in [0.717, 1.165) is 32.1 Å². The minimum absolute atomic E-state index is 0.123. The third kappa shape index (κ3) is 3.48. The van der Waals surface area contributed by atoms with Gasteiger partial charge in [0.1, 0.15) is 5.41 Å². The molecule has 0 heterocycles. The van der Waals surface area contributed by atoms with E-state index in [9.17, 15) is 10.1 Å². The van der Waals surface area contributed by atoms with Gasteiger partial charge in [0.25, 0.3) is 0 Å². The highest BCUT2D eigenvalue weighted by Crippen LogP contribution is 2.35. The van der Waals surface area contributed by atoms with Gasteiger partial charge in [-0.3, -0.25) is 4.79 Å². The molecule has 0 aliphatic heterocycles. The monoisotopic (exact) mass is 266 g/mol. The fraction of sp³-hybridized carbons (Fsp3) is 0.867. The van der Waals surface area contributed by atoms with E-state index in [0.29, 0.717) is 19.4 Å². The molecular weight excluding hydrogens is 240 g/mol. The Morgan fingerprint density at radius 2 is 1.95 bits per heavy atom. The highest BCUT2D eigenvalue weighted by molar-refractivity contribution is 5.85. The number of nitrogens with one attached hydrogen (secondary N) is 1. The van der Waals surface area contributed by atoms with Crippen LogP contribution in [0.2, 0.25) is 0 Å². The number of hydrogen-bond donors (Lipinski definition) is 1. The molecule has 0 spiro atoms. The van der Waals surface area contributed by atoms with Crippen molar-refractivity contribution in [1.82, 2.24) is 5.32 Å². The van der Waals surface area contributed by atoms with Crippen molar-refractivity contribution in [3.63, 3.8) is 0 Å². The summed E-state index contributed by atoms with van der Waals surface area (Å²) in [5.74, 6) is -0.123. The van der Waals surface area contributed by atoms with Crippen LogP contribution in [0.25, 0.3) is 0 Å². The van der Waals surface area contributed by atoms with Gasteiger partial charge >= 0.3 is 0 Å². The zero-order chi connectivity index (χ0) is 14.4. The number of carbonyl (C=O) groups excluding carboxylic acids is 1. The summed E-state index contributed by atoms with van der Waals surface area (Å²) in [6.45, 7) is 4.55. The molecule has 0 aromatic rings. The zero-order valence-electron chi connectivity index (χ0n) is 12.4. The van der Waals surface area contributed by atoms with Crippen LogP contribution in [0.3, 0.4) is 0 Å². The maximum Gasteiger partial charge on any atom is 0.240 e. The van der Waals surface area contributed by atoms with Crippen LogP contribution in [0.4, 0.5) is 0 Å². The van der Waals surface area contributed by atoms with E-state index in [1.54, 1.807) is 7.11 Å². The van der Waals surface area contributed by atoms with Crippen molar-refractivity contribution in [2.45, 2.75) is 64.4 Å². The number of hydrogen-bond acceptors (Lipinski definition) is 3. The minimum Gasteiger partial charge on any atom is -0.376 e. The molecule has 1 rings (SSSR count). The molecule has 0 radical (unpaired) electrons. The molecule has 4 heteroatoms. The summed E-state index contributed by atoms with van der Waals surface area (Å²) in [4.78, 5) is 12.4. The van der Waals surface area contributed by atoms with Crippen LogP contribution in [0.15, 0.2) is 0 Å². The molecule has 108 valence electrons. The van der Waals surface area contributed by atoms with Crippen molar-refractivity contribution in [3.8, 4) is 6.07 Å². The quantitative estimate of drug-likeness (QED) is 0.734. The van der Waals surface area contributed by atoms with Gasteiger partial charge in [-0.05, 0) is 32.1 Å². The van der Waals surface area contributed by atoms with Gasteiger partial charge < -0.3 is 10.1 Å². The number of ether oxygens (including phenoxy) is 1. The standard InChI is InChI=1S/C15H26N2O2/c1-4-7-14(11-16,8-5-2)13(18)17-12-15(19-3)9-6-10-15/h4-10,12H2,1-3H3,(H,17,18). The second kappa shape index (κ2) is 6.91. The molecule has 0 bridgehead atoms. The molecule has 1 amide bonds. The summed E-state index contributed by atoms with van der Waals surface area (Å²) in [5.41, 5.74) is -1.04. The highest BCUT2D eigenvalue weighted by atomic mass is 16.5.